The van der Waals surface area contributed by atoms with Crippen molar-refractivity contribution in [3.8, 4) is 11.1 Å². The Bertz CT molecular complexity index is 929. The van der Waals surface area contributed by atoms with Crippen LogP contribution in [0, 0.1) is 23.1 Å². The summed E-state index contributed by atoms with van der Waals surface area (Å²) in [4.78, 5) is 19.8. The van der Waals surface area contributed by atoms with Crippen LogP contribution in [0.1, 0.15) is 52.1 Å². The number of carbonyl (C=O) groups is 1. The zero-order valence-corrected chi connectivity index (χ0v) is 18.1. The predicted molar refractivity (Wildman–Crippen MR) is 119 cm³/mol. The summed E-state index contributed by atoms with van der Waals surface area (Å²) in [5.74, 6) is 1.15. The smallest absolute Gasteiger partial charge is 0.228 e. The molecule has 2 aromatic rings. The molecule has 3 nitrogen and oxygen atoms in total. The van der Waals surface area contributed by atoms with Gasteiger partial charge in [0.15, 0.2) is 0 Å². The zero-order valence-electron chi connectivity index (χ0n) is 18.1. The van der Waals surface area contributed by atoms with Gasteiger partial charge in [0.05, 0.1) is 11.7 Å². The lowest BCUT2D eigenvalue weighted by Crippen LogP contribution is -2.43. The maximum absolute atomic E-state index is 13.5. The summed E-state index contributed by atoms with van der Waals surface area (Å²) in [5, 5.41) is 0. The first-order valence-electron chi connectivity index (χ1n) is 11.0. The van der Waals surface area contributed by atoms with Gasteiger partial charge in [-0.25, -0.2) is 4.39 Å². The lowest BCUT2D eigenvalue weighted by atomic mass is 9.78. The van der Waals surface area contributed by atoms with E-state index in [0.29, 0.717) is 11.8 Å². The normalized spacial score (nSPS) is 24.3. The largest absolute Gasteiger partial charge is 0.335 e. The number of benzene rings is 1. The van der Waals surface area contributed by atoms with E-state index >= 15 is 0 Å². The molecule has 0 unspecified atom stereocenters. The van der Waals surface area contributed by atoms with Crippen molar-refractivity contribution < 1.29 is 9.18 Å². The molecular weight excluding hydrogens is 375 g/mol. The van der Waals surface area contributed by atoms with Gasteiger partial charge in [-0.05, 0) is 54.5 Å². The number of likely N-dealkylation sites (tertiary alicyclic amines) is 1. The van der Waals surface area contributed by atoms with Crippen LogP contribution < -0.4 is 0 Å². The maximum Gasteiger partial charge on any atom is 0.228 e. The van der Waals surface area contributed by atoms with Crippen molar-refractivity contribution in [3.63, 3.8) is 0 Å². The molecule has 1 amide bonds. The van der Waals surface area contributed by atoms with Crippen LogP contribution in [0.2, 0.25) is 0 Å². The number of nitrogens with zero attached hydrogens (tertiary/aromatic N) is 2. The van der Waals surface area contributed by atoms with Crippen molar-refractivity contribution >= 4 is 12.0 Å². The number of pyridine rings is 1. The zero-order chi connectivity index (χ0) is 21.3. The number of halogens is 1. The third-order valence-electron chi connectivity index (χ3n) is 6.51. The summed E-state index contributed by atoms with van der Waals surface area (Å²) in [6, 6.07) is 10.6. The molecule has 1 aromatic heterocycles. The summed E-state index contributed by atoms with van der Waals surface area (Å²) < 4.78 is 13.5. The van der Waals surface area contributed by atoms with E-state index in [-0.39, 0.29) is 23.2 Å². The number of amides is 1. The molecule has 2 heterocycles. The number of hydrogen-bond donors (Lipinski definition) is 0. The van der Waals surface area contributed by atoms with Crippen LogP contribution >= 0.6 is 0 Å². The van der Waals surface area contributed by atoms with Crippen molar-refractivity contribution in [1.29, 1.82) is 0 Å². The Kier molecular flexibility index (Phi) is 5.77. The minimum atomic E-state index is -0.371. The fourth-order valence-corrected chi connectivity index (χ4v) is 4.95. The van der Waals surface area contributed by atoms with Gasteiger partial charge in [-0.3, -0.25) is 9.78 Å². The molecule has 1 aromatic carbocycles. The molecule has 0 bridgehead atoms. The van der Waals surface area contributed by atoms with E-state index in [4.69, 9.17) is 0 Å². The van der Waals surface area contributed by atoms with E-state index in [9.17, 15) is 9.18 Å². The summed E-state index contributed by atoms with van der Waals surface area (Å²) in [5.41, 5.74) is 2.20. The summed E-state index contributed by atoms with van der Waals surface area (Å²) in [6.45, 7) is 6.89. The quantitative estimate of drug-likeness (QED) is 0.630. The van der Waals surface area contributed by atoms with Gasteiger partial charge < -0.3 is 4.90 Å². The average Bonchev–Trinajstić information content (AvgIpc) is 3.10. The van der Waals surface area contributed by atoms with Crippen molar-refractivity contribution in [3.05, 3.63) is 60.2 Å². The van der Waals surface area contributed by atoms with Gasteiger partial charge in [0.25, 0.3) is 0 Å². The Hall–Kier alpha value is -2.49. The Morgan fingerprint density at radius 2 is 1.93 bits per heavy atom. The van der Waals surface area contributed by atoms with Gasteiger partial charge in [-0.1, -0.05) is 57.9 Å². The van der Waals surface area contributed by atoms with Crippen LogP contribution in [0.25, 0.3) is 17.2 Å². The Morgan fingerprint density at radius 3 is 2.63 bits per heavy atom. The molecule has 0 N–H and O–H groups in total. The first kappa shape index (κ1) is 20.8. The summed E-state index contributed by atoms with van der Waals surface area (Å²) in [7, 11) is 0. The first-order valence-corrected chi connectivity index (χ1v) is 11.0. The third-order valence-corrected chi connectivity index (χ3v) is 6.51. The summed E-state index contributed by atoms with van der Waals surface area (Å²) >= 11 is 0. The molecule has 0 radical (unpaired) electrons. The minimum absolute atomic E-state index is 0.145. The highest BCUT2D eigenvalue weighted by atomic mass is 19.1. The van der Waals surface area contributed by atoms with Gasteiger partial charge in [0, 0.05) is 23.7 Å². The van der Waals surface area contributed by atoms with Gasteiger partial charge >= 0.3 is 0 Å². The number of fused-ring (bicyclic) bond motifs is 1. The average molecular weight is 407 g/mol. The Balaban J connectivity index is 1.55. The molecule has 1 saturated carbocycles. The Labute approximate surface area is 179 Å². The molecule has 0 spiro atoms. The number of aromatic nitrogens is 1. The van der Waals surface area contributed by atoms with Crippen LogP contribution in [0.5, 0.6) is 0 Å². The highest BCUT2D eigenvalue weighted by molar-refractivity contribution is 5.82. The highest BCUT2D eigenvalue weighted by Gasteiger charge is 2.45. The molecule has 4 heteroatoms. The highest BCUT2D eigenvalue weighted by Crippen LogP contribution is 2.42. The van der Waals surface area contributed by atoms with Gasteiger partial charge in [0.2, 0.25) is 5.91 Å². The number of hydrogen-bond acceptors (Lipinski definition) is 2. The molecule has 1 saturated heterocycles. The predicted octanol–water partition coefficient (Wildman–Crippen LogP) is 5.96. The van der Waals surface area contributed by atoms with Crippen molar-refractivity contribution in [1.82, 2.24) is 9.88 Å². The summed E-state index contributed by atoms with van der Waals surface area (Å²) in [6.07, 6.45) is 11.0. The molecule has 30 heavy (non-hydrogen) atoms. The molecular formula is C26H31FN2O. The molecule has 1 aliphatic heterocycles. The lowest BCUT2D eigenvalue weighted by molar-refractivity contribution is -0.139. The van der Waals surface area contributed by atoms with Crippen LogP contribution in [-0.2, 0) is 4.79 Å². The monoisotopic (exact) mass is 406 g/mol. The third kappa shape index (κ3) is 4.33. The van der Waals surface area contributed by atoms with Gasteiger partial charge in [0.1, 0.15) is 5.82 Å². The molecule has 1 aliphatic carbocycles. The van der Waals surface area contributed by atoms with Crippen molar-refractivity contribution in [2.75, 3.05) is 6.54 Å². The maximum atomic E-state index is 13.5. The molecule has 158 valence electrons. The SMILES string of the molecule is CC(C)(C)C(=O)N1C[C@@H]2CCCC[C@@H]2[C@@H]1/C=C/c1ccc(-c2cccc(F)c2)cn1. The van der Waals surface area contributed by atoms with Crippen LogP contribution in [-0.4, -0.2) is 28.4 Å². The molecule has 4 rings (SSSR count). The van der Waals surface area contributed by atoms with E-state index in [1.807, 2.05) is 45.0 Å². The van der Waals surface area contributed by atoms with E-state index < -0.39 is 0 Å². The van der Waals surface area contributed by atoms with Crippen molar-refractivity contribution in [2.24, 2.45) is 17.3 Å². The van der Waals surface area contributed by atoms with E-state index in [0.717, 1.165) is 23.4 Å². The Morgan fingerprint density at radius 1 is 1.13 bits per heavy atom. The second-order valence-electron chi connectivity index (χ2n) is 9.75. The van der Waals surface area contributed by atoms with Gasteiger partial charge in [-0.15, -0.1) is 0 Å². The molecule has 3 atom stereocenters. The number of carbonyl (C=O) groups excluding carboxylic acids is 1. The fourth-order valence-electron chi connectivity index (χ4n) is 4.95. The number of rotatable bonds is 3. The van der Waals surface area contributed by atoms with E-state index in [2.05, 4.69) is 16.0 Å². The standard InChI is InChI=1S/C26H31FN2O/c1-26(2,3)25(30)29-17-20-7-4-5-10-23(20)24(29)14-13-22-12-11-19(16-28-22)18-8-6-9-21(27)15-18/h6,8-9,11-16,20,23-24H,4-5,7,10,17H2,1-3H3/b14-13+/t20-,23-,24-/m0/s1. The molecule has 2 fully saturated rings. The fraction of sp³-hybridized carbons (Fsp3) is 0.462. The lowest BCUT2D eigenvalue weighted by Gasteiger charge is -2.32. The van der Waals surface area contributed by atoms with Crippen molar-refractivity contribution in [2.45, 2.75) is 52.5 Å². The van der Waals surface area contributed by atoms with E-state index in [1.54, 1.807) is 12.3 Å². The first-order chi connectivity index (χ1) is 14.3. The van der Waals surface area contributed by atoms with Gasteiger partial charge in [-0.2, -0.15) is 0 Å². The van der Waals surface area contributed by atoms with Crippen LogP contribution in [0.3, 0.4) is 0 Å². The molecule has 2 aliphatic rings. The minimum Gasteiger partial charge on any atom is -0.335 e. The van der Waals surface area contributed by atoms with E-state index in [1.165, 1.54) is 37.8 Å². The van der Waals surface area contributed by atoms with Crippen LogP contribution in [0.4, 0.5) is 4.39 Å². The topological polar surface area (TPSA) is 33.2 Å². The second kappa shape index (κ2) is 8.33. The van der Waals surface area contributed by atoms with Crippen LogP contribution in [0.15, 0.2) is 48.7 Å². The second-order valence-corrected chi connectivity index (χ2v) is 9.75.